The number of hydrogen-bond donors (Lipinski definition) is 2. The average Bonchev–Trinajstić information content (AvgIpc) is 3.39. The van der Waals surface area contributed by atoms with Crippen LogP contribution in [0.5, 0.6) is 5.75 Å². The zero-order chi connectivity index (χ0) is 35.5. The van der Waals surface area contributed by atoms with Gasteiger partial charge in [-0.1, -0.05) is 24.8 Å². The van der Waals surface area contributed by atoms with Crippen molar-refractivity contribution in [3.8, 4) is 17.0 Å². The van der Waals surface area contributed by atoms with Crippen LogP contribution in [0.15, 0.2) is 61.4 Å². The van der Waals surface area contributed by atoms with Gasteiger partial charge in [-0.15, -0.1) is 0 Å². The van der Waals surface area contributed by atoms with E-state index in [-0.39, 0.29) is 23.7 Å². The van der Waals surface area contributed by atoms with Gasteiger partial charge in [0, 0.05) is 68.2 Å². The largest absolute Gasteiger partial charge is 0.494 e. The molecule has 5 rings (SSSR count). The Bertz CT molecular complexity index is 1890. The van der Waals surface area contributed by atoms with E-state index in [9.17, 15) is 14.4 Å². The summed E-state index contributed by atoms with van der Waals surface area (Å²) in [5, 5.41) is 7.04. The summed E-state index contributed by atoms with van der Waals surface area (Å²) in [6.07, 6.45) is 3.86. The Morgan fingerprint density at radius 1 is 1.04 bits per heavy atom. The number of esters is 1. The summed E-state index contributed by atoms with van der Waals surface area (Å²) in [5.74, 6) is -0.276. The second kappa shape index (κ2) is 14.3. The molecule has 1 aliphatic rings. The SMILES string of the molecule is C=CC(=O)Nc1cc(Nc2ncc(C(=O)OC(C)C)c(-c3cn(C)c4ccccc34)n2)c(OC)cc1N1CCN(C(=O)OC(C)(C)C)CC1. The predicted molar refractivity (Wildman–Crippen MR) is 190 cm³/mol. The molecule has 49 heavy (non-hydrogen) atoms. The maximum Gasteiger partial charge on any atom is 0.410 e. The third-order valence-electron chi connectivity index (χ3n) is 7.78. The van der Waals surface area contributed by atoms with Gasteiger partial charge in [0.2, 0.25) is 11.9 Å². The summed E-state index contributed by atoms with van der Waals surface area (Å²) < 4.78 is 18.9. The number of amides is 2. The molecule has 0 radical (unpaired) electrons. The number of hydrogen-bond acceptors (Lipinski definition) is 10. The molecule has 13 heteroatoms. The second-order valence-corrected chi connectivity index (χ2v) is 12.9. The number of methoxy groups -OCH3 is 1. The summed E-state index contributed by atoms with van der Waals surface area (Å²) in [4.78, 5) is 51.5. The van der Waals surface area contributed by atoms with E-state index in [4.69, 9.17) is 19.2 Å². The molecule has 2 N–H and O–H groups in total. The first-order valence-electron chi connectivity index (χ1n) is 16.1. The summed E-state index contributed by atoms with van der Waals surface area (Å²) in [5.41, 5.74) is 3.41. The Labute approximate surface area is 285 Å². The topological polar surface area (TPSA) is 140 Å². The molecule has 0 saturated carbocycles. The molecule has 0 atom stereocenters. The molecule has 0 bridgehead atoms. The number of ether oxygens (including phenoxy) is 3. The Kier molecular flexibility index (Phi) is 10.1. The minimum absolute atomic E-state index is 0.196. The van der Waals surface area contributed by atoms with Crippen LogP contribution >= 0.6 is 0 Å². The summed E-state index contributed by atoms with van der Waals surface area (Å²) in [6.45, 7) is 14.5. The molecule has 1 aliphatic heterocycles. The number of anilines is 4. The second-order valence-electron chi connectivity index (χ2n) is 12.9. The minimum Gasteiger partial charge on any atom is -0.494 e. The van der Waals surface area contributed by atoms with Crippen LogP contribution in [0.2, 0.25) is 0 Å². The minimum atomic E-state index is -0.594. The molecular formula is C36H43N7O6. The average molecular weight is 670 g/mol. The van der Waals surface area contributed by atoms with Gasteiger partial charge in [0.25, 0.3) is 0 Å². The van der Waals surface area contributed by atoms with Crippen molar-refractivity contribution in [1.82, 2.24) is 19.4 Å². The molecule has 2 aromatic heterocycles. The highest BCUT2D eigenvalue weighted by molar-refractivity contribution is 6.04. The van der Waals surface area contributed by atoms with Gasteiger partial charge >= 0.3 is 12.1 Å². The molecule has 2 amide bonds. The number of benzene rings is 2. The standard InChI is InChI=1S/C36H43N7O6/c1-9-31(44)38-26-18-27(30(47-8)19-29(26)42-14-16-43(17-15-42)35(46)49-36(4,5)6)39-34-37-20-24(33(45)48-22(2)3)32(40-34)25-21-41(7)28-13-11-10-12-23(25)28/h9-13,18-22H,1,14-17H2,2-8H3,(H,38,44)(H,37,39,40). The Balaban J connectivity index is 1.51. The molecular weight excluding hydrogens is 626 g/mol. The van der Waals surface area contributed by atoms with E-state index in [1.807, 2.05) is 68.9 Å². The predicted octanol–water partition coefficient (Wildman–Crippen LogP) is 6.13. The van der Waals surface area contributed by atoms with Crippen molar-refractivity contribution < 1.29 is 28.6 Å². The highest BCUT2D eigenvalue weighted by Crippen LogP contribution is 2.39. The number of nitrogens with zero attached hydrogens (tertiary/aromatic N) is 5. The van der Waals surface area contributed by atoms with Gasteiger partial charge in [-0.2, -0.15) is 0 Å². The van der Waals surface area contributed by atoms with E-state index >= 15 is 0 Å². The maximum atomic E-state index is 13.2. The van der Waals surface area contributed by atoms with Crippen molar-refractivity contribution in [2.45, 2.75) is 46.3 Å². The fourth-order valence-electron chi connectivity index (χ4n) is 5.56. The smallest absolute Gasteiger partial charge is 0.410 e. The number of piperazine rings is 1. The van der Waals surface area contributed by atoms with Gasteiger partial charge in [0.1, 0.15) is 16.9 Å². The van der Waals surface area contributed by atoms with Crippen LogP contribution in [0, 0.1) is 0 Å². The molecule has 4 aromatic rings. The number of aryl methyl sites for hydroxylation is 1. The number of nitrogens with one attached hydrogen (secondary N) is 2. The zero-order valence-electron chi connectivity index (χ0n) is 29.0. The fraction of sp³-hybridized carbons (Fsp3) is 0.361. The van der Waals surface area contributed by atoms with Crippen molar-refractivity contribution in [2.24, 2.45) is 7.05 Å². The van der Waals surface area contributed by atoms with E-state index in [0.29, 0.717) is 54.7 Å². The number of carbonyl (C=O) groups excluding carboxylic acids is 3. The van der Waals surface area contributed by atoms with Gasteiger partial charge in [-0.05, 0) is 52.8 Å². The van der Waals surface area contributed by atoms with Crippen molar-refractivity contribution in [1.29, 1.82) is 0 Å². The monoisotopic (exact) mass is 669 g/mol. The van der Waals surface area contributed by atoms with Crippen LogP contribution in [0.1, 0.15) is 45.0 Å². The van der Waals surface area contributed by atoms with E-state index in [1.54, 1.807) is 31.9 Å². The summed E-state index contributed by atoms with van der Waals surface area (Å²) in [7, 11) is 3.47. The van der Waals surface area contributed by atoms with Crippen molar-refractivity contribution in [3.63, 3.8) is 0 Å². The van der Waals surface area contributed by atoms with Crippen molar-refractivity contribution in [2.75, 3.05) is 48.8 Å². The molecule has 13 nitrogen and oxygen atoms in total. The highest BCUT2D eigenvalue weighted by Gasteiger charge is 2.28. The molecule has 258 valence electrons. The zero-order valence-corrected chi connectivity index (χ0v) is 29.0. The lowest BCUT2D eigenvalue weighted by Crippen LogP contribution is -2.50. The number of fused-ring (bicyclic) bond motifs is 1. The third-order valence-corrected chi connectivity index (χ3v) is 7.78. The molecule has 0 unspecified atom stereocenters. The maximum absolute atomic E-state index is 13.2. The van der Waals surface area contributed by atoms with Crippen LogP contribution in [-0.2, 0) is 21.3 Å². The first-order valence-corrected chi connectivity index (χ1v) is 16.1. The number of para-hydroxylation sites is 1. The van der Waals surface area contributed by atoms with Gasteiger partial charge in [-0.3, -0.25) is 4.79 Å². The molecule has 0 aliphatic carbocycles. The lowest BCUT2D eigenvalue weighted by molar-refractivity contribution is -0.111. The van der Waals surface area contributed by atoms with Crippen LogP contribution in [-0.4, -0.2) is 82.4 Å². The normalized spacial score (nSPS) is 13.3. The Morgan fingerprint density at radius 2 is 1.76 bits per heavy atom. The van der Waals surface area contributed by atoms with Gasteiger partial charge in [0.05, 0.1) is 36.0 Å². The molecule has 0 spiro atoms. The van der Waals surface area contributed by atoms with Crippen LogP contribution in [0.3, 0.4) is 0 Å². The van der Waals surface area contributed by atoms with Crippen LogP contribution in [0.4, 0.5) is 27.8 Å². The van der Waals surface area contributed by atoms with Gasteiger partial charge < -0.3 is 39.2 Å². The molecule has 1 saturated heterocycles. The van der Waals surface area contributed by atoms with Gasteiger partial charge in [-0.25, -0.2) is 19.6 Å². The number of carbonyl (C=O) groups is 3. The van der Waals surface area contributed by atoms with Crippen molar-refractivity contribution in [3.05, 3.63) is 67.0 Å². The summed E-state index contributed by atoms with van der Waals surface area (Å²) >= 11 is 0. The lowest BCUT2D eigenvalue weighted by atomic mass is 10.1. The Hall–Kier alpha value is -5.59. The highest BCUT2D eigenvalue weighted by atomic mass is 16.6. The van der Waals surface area contributed by atoms with E-state index in [1.165, 1.54) is 12.3 Å². The fourth-order valence-corrected chi connectivity index (χ4v) is 5.56. The first-order chi connectivity index (χ1) is 23.3. The molecule has 1 fully saturated rings. The summed E-state index contributed by atoms with van der Waals surface area (Å²) in [6, 6.07) is 11.4. The van der Waals surface area contributed by atoms with Gasteiger partial charge in [0.15, 0.2) is 0 Å². The van der Waals surface area contributed by atoms with E-state index < -0.39 is 17.5 Å². The van der Waals surface area contributed by atoms with E-state index in [0.717, 1.165) is 16.5 Å². The third kappa shape index (κ3) is 7.94. The lowest BCUT2D eigenvalue weighted by Gasteiger charge is -2.37. The van der Waals surface area contributed by atoms with Crippen LogP contribution < -0.4 is 20.3 Å². The Morgan fingerprint density at radius 3 is 2.41 bits per heavy atom. The quantitative estimate of drug-likeness (QED) is 0.158. The molecule has 2 aromatic carbocycles. The van der Waals surface area contributed by atoms with E-state index in [2.05, 4.69) is 27.1 Å². The van der Waals surface area contributed by atoms with Crippen LogP contribution in [0.25, 0.3) is 22.2 Å². The molecule has 3 heterocycles. The van der Waals surface area contributed by atoms with Crippen molar-refractivity contribution >= 4 is 51.9 Å². The first kappa shape index (κ1) is 34.7. The number of aromatic nitrogens is 3. The number of rotatable bonds is 9.